The molecule has 162 valence electrons. The van der Waals surface area contributed by atoms with Gasteiger partial charge in [0.25, 0.3) is 5.89 Å². The highest BCUT2D eigenvalue weighted by Gasteiger charge is 2.23. The molecule has 4 aromatic rings. The Hall–Kier alpha value is -2.01. The Morgan fingerprint density at radius 2 is 1.90 bits per heavy atom. The molecule has 0 saturated carbocycles. The van der Waals surface area contributed by atoms with Gasteiger partial charge in [-0.15, -0.1) is 31.7 Å². The van der Waals surface area contributed by atoms with Crippen molar-refractivity contribution in [3.8, 4) is 10.8 Å². The lowest BCUT2D eigenvalue weighted by molar-refractivity contribution is 0.272. The molecule has 0 N–H and O–H groups in total. The molecule has 0 unspecified atom stereocenters. The van der Waals surface area contributed by atoms with Gasteiger partial charge in [0, 0.05) is 0 Å². The molecular formula is C21H23BrN6OS2. The standard InChI is InChI=1S/C21H23BrN6OS2/c1-4-15(27(2)3)19-24-26-21(28(19)12-14-8-6-5-7-9-14)30-13-18-23-25-20(29-18)16-10-11-17(22)31-16/h5-11,15H,4,12-13H2,1-3H3/t15-/m0/s1. The molecule has 3 heterocycles. The molecule has 0 amide bonds. The summed E-state index contributed by atoms with van der Waals surface area (Å²) in [6, 6.07) is 14.5. The average molecular weight is 519 g/mol. The average Bonchev–Trinajstić information content (AvgIpc) is 3.49. The van der Waals surface area contributed by atoms with E-state index < -0.39 is 0 Å². The lowest BCUT2D eigenvalue weighted by atomic mass is 10.2. The van der Waals surface area contributed by atoms with E-state index in [1.807, 2.05) is 18.2 Å². The Kier molecular flexibility index (Phi) is 7.21. The zero-order valence-corrected chi connectivity index (χ0v) is 20.7. The summed E-state index contributed by atoms with van der Waals surface area (Å²) in [5.74, 6) is 2.61. The number of aromatic nitrogens is 5. The first-order valence-corrected chi connectivity index (χ1v) is 12.5. The van der Waals surface area contributed by atoms with Crippen molar-refractivity contribution in [3.05, 3.63) is 63.5 Å². The third-order valence-corrected chi connectivity index (χ3v) is 7.38. The summed E-state index contributed by atoms with van der Waals surface area (Å²) in [5.41, 5.74) is 1.21. The SMILES string of the molecule is CC[C@@H](c1nnc(SCc2nnc(-c3ccc(Br)s3)o2)n1Cc1ccccc1)N(C)C. The lowest BCUT2D eigenvalue weighted by Gasteiger charge is -2.23. The van der Waals surface area contributed by atoms with Crippen LogP contribution in [0.4, 0.5) is 0 Å². The van der Waals surface area contributed by atoms with Crippen molar-refractivity contribution in [2.75, 3.05) is 14.1 Å². The van der Waals surface area contributed by atoms with E-state index in [9.17, 15) is 0 Å². The van der Waals surface area contributed by atoms with Gasteiger partial charge in [-0.05, 0) is 54.1 Å². The van der Waals surface area contributed by atoms with Gasteiger partial charge in [-0.1, -0.05) is 49.0 Å². The number of thiophene rings is 1. The molecule has 0 spiro atoms. The van der Waals surface area contributed by atoms with Gasteiger partial charge in [-0.25, -0.2) is 0 Å². The molecule has 0 fully saturated rings. The van der Waals surface area contributed by atoms with E-state index in [1.165, 1.54) is 5.56 Å². The fraction of sp³-hybridized carbons (Fsp3) is 0.333. The molecule has 1 aromatic carbocycles. The summed E-state index contributed by atoms with van der Waals surface area (Å²) < 4.78 is 9.09. The monoisotopic (exact) mass is 518 g/mol. The highest BCUT2D eigenvalue weighted by atomic mass is 79.9. The van der Waals surface area contributed by atoms with Crippen molar-refractivity contribution in [3.63, 3.8) is 0 Å². The van der Waals surface area contributed by atoms with Crippen molar-refractivity contribution in [2.24, 2.45) is 0 Å². The van der Waals surface area contributed by atoms with Crippen LogP contribution in [0.2, 0.25) is 0 Å². The van der Waals surface area contributed by atoms with E-state index in [1.54, 1.807) is 23.1 Å². The number of benzene rings is 1. The molecule has 0 saturated heterocycles. The van der Waals surface area contributed by atoms with Crippen LogP contribution in [0, 0.1) is 0 Å². The first kappa shape index (κ1) is 22.2. The van der Waals surface area contributed by atoms with Gasteiger partial charge in [-0.2, -0.15) is 0 Å². The van der Waals surface area contributed by atoms with Gasteiger partial charge >= 0.3 is 0 Å². The van der Waals surface area contributed by atoms with E-state index >= 15 is 0 Å². The molecule has 3 aromatic heterocycles. The molecule has 0 aliphatic carbocycles. The lowest BCUT2D eigenvalue weighted by Crippen LogP contribution is -2.23. The highest BCUT2D eigenvalue weighted by Crippen LogP contribution is 2.32. The maximum atomic E-state index is 5.86. The van der Waals surface area contributed by atoms with Crippen LogP contribution in [0.15, 0.2) is 55.8 Å². The summed E-state index contributed by atoms with van der Waals surface area (Å²) in [5, 5.41) is 18.3. The maximum absolute atomic E-state index is 5.86. The Balaban J connectivity index is 1.56. The van der Waals surface area contributed by atoms with Crippen LogP contribution in [0.5, 0.6) is 0 Å². The van der Waals surface area contributed by atoms with Crippen molar-refractivity contribution in [1.29, 1.82) is 0 Å². The quantitative estimate of drug-likeness (QED) is 0.270. The Morgan fingerprint density at radius 3 is 2.58 bits per heavy atom. The minimum Gasteiger partial charge on any atom is -0.419 e. The van der Waals surface area contributed by atoms with Crippen molar-refractivity contribution < 1.29 is 4.42 Å². The molecule has 0 aliphatic heterocycles. The molecular weight excluding hydrogens is 496 g/mol. The minimum absolute atomic E-state index is 0.192. The predicted molar refractivity (Wildman–Crippen MR) is 127 cm³/mol. The number of rotatable bonds is 9. The van der Waals surface area contributed by atoms with Crippen LogP contribution in [0.3, 0.4) is 0 Å². The van der Waals surface area contributed by atoms with Gasteiger partial charge < -0.3 is 8.98 Å². The van der Waals surface area contributed by atoms with Crippen LogP contribution >= 0.6 is 39.0 Å². The molecule has 0 bridgehead atoms. The van der Waals surface area contributed by atoms with Crippen LogP contribution in [-0.2, 0) is 12.3 Å². The van der Waals surface area contributed by atoms with Gasteiger partial charge in [-0.3, -0.25) is 4.90 Å². The van der Waals surface area contributed by atoms with Crippen molar-refractivity contribution in [1.82, 2.24) is 29.9 Å². The van der Waals surface area contributed by atoms with Gasteiger partial charge in [0.1, 0.15) is 0 Å². The van der Waals surface area contributed by atoms with E-state index in [0.717, 1.165) is 26.1 Å². The first-order valence-electron chi connectivity index (χ1n) is 9.89. The van der Waals surface area contributed by atoms with Gasteiger partial charge in [0.05, 0.1) is 27.0 Å². The van der Waals surface area contributed by atoms with Crippen LogP contribution < -0.4 is 0 Å². The van der Waals surface area contributed by atoms with Crippen LogP contribution in [-0.4, -0.2) is 44.0 Å². The van der Waals surface area contributed by atoms with Crippen molar-refractivity contribution >= 4 is 39.0 Å². The Labute approximate surface area is 198 Å². The Morgan fingerprint density at radius 1 is 1.10 bits per heavy atom. The van der Waals surface area contributed by atoms with Crippen LogP contribution in [0.1, 0.15) is 36.7 Å². The molecule has 0 aliphatic rings. The van der Waals surface area contributed by atoms with E-state index in [0.29, 0.717) is 24.1 Å². The Bertz CT molecular complexity index is 1120. The second kappa shape index (κ2) is 10.1. The molecule has 1 atom stereocenters. The van der Waals surface area contributed by atoms with Gasteiger partial charge in [0.2, 0.25) is 5.89 Å². The zero-order valence-electron chi connectivity index (χ0n) is 17.5. The van der Waals surface area contributed by atoms with Crippen LogP contribution in [0.25, 0.3) is 10.8 Å². The van der Waals surface area contributed by atoms with Crippen molar-refractivity contribution in [2.45, 2.75) is 36.8 Å². The molecule has 7 nitrogen and oxygen atoms in total. The van der Waals surface area contributed by atoms with E-state index in [2.05, 4.69) is 91.1 Å². The topological polar surface area (TPSA) is 72.9 Å². The second-order valence-electron chi connectivity index (χ2n) is 7.19. The van der Waals surface area contributed by atoms with Gasteiger partial charge in [0.15, 0.2) is 11.0 Å². The minimum atomic E-state index is 0.192. The number of nitrogens with zero attached hydrogens (tertiary/aromatic N) is 6. The number of hydrogen-bond acceptors (Lipinski definition) is 8. The van der Waals surface area contributed by atoms with E-state index in [4.69, 9.17) is 4.42 Å². The van der Waals surface area contributed by atoms with E-state index in [-0.39, 0.29) is 6.04 Å². The fourth-order valence-electron chi connectivity index (χ4n) is 3.31. The maximum Gasteiger partial charge on any atom is 0.257 e. The molecule has 0 radical (unpaired) electrons. The molecule has 4 rings (SSSR count). The predicted octanol–water partition coefficient (Wildman–Crippen LogP) is 5.51. The summed E-state index contributed by atoms with van der Waals surface area (Å²) in [6.07, 6.45) is 0.952. The second-order valence-corrected chi connectivity index (χ2v) is 10.6. The smallest absolute Gasteiger partial charge is 0.257 e. The first-order chi connectivity index (χ1) is 15.0. The number of hydrogen-bond donors (Lipinski definition) is 0. The summed E-state index contributed by atoms with van der Waals surface area (Å²) in [6.45, 7) is 2.88. The highest BCUT2D eigenvalue weighted by molar-refractivity contribution is 9.11. The summed E-state index contributed by atoms with van der Waals surface area (Å²) in [7, 11) is 4.15. The normalized spacial score (nSPS) is 12.5. The zero-order chi connectivity index (χ0) is 21.8. The number of thioether (sulfide) groups is 1. The summed E-state index contributed by atoms with van der Waals surface area (Å²) >= 11 is 6.59. The fourth-order valence-corrected chi connectivity index (χ4v) is 5.40. The largest absolute Gasteiger partial charge is 0.419 e. The number of halogens is 1. The third kappa shape index (κ3) is 5.25. The molecule has 10 heteroatoms. The third-order valence-electron chi connectivity index (χ3n) is 4.81. The summed E-state index contributed by atoms with van der Waals surface area (Å²) in [4.78, 5) is 3.13. The molecule has 31 heavy (non-hydrogen) atoms.